The van der Waals surface area contributed by atoms with Gasteiger partial charge in [-0.25, -0.2) is 8.78 Å². The molecule has 2 N–H and O–H groups in total. The summed E-state index contributed by atoms with van der Waals surface area (Å²) in [6, 6.07) is 13.4. The predicted molar refractivity (Wildman–Crippen MR) is 75.2 cm³/mol. The third-order valence-corrected chi connectivity index (χ3v) is 3.90. The molecule has 1 atom stereocenters. The fourth-order valence-corrected chi connectivity index (χ4v) is 2.62. The van der Waals surface area contributed by atoms with Gasteiger partial charge in [0.1, 0.15) is 11.6 Å². The average molecular weight is 279 g/mol. The van der Waals surface area contributed by atoms with Crippen molar-refractivity contribution in [3.63, 3.8) is 0 Å². The first-order valence-electron chi connectivity index (χ1n) is 6.02. The van der Waals surface area contributed by atoms with Crippen LogP contribution in [0.2, 0.25) is 0 Å². The highest BCUT2D eigenvalue weighted by Crippen LogP contribution is 2.19. The molecule has 1 unspecified atom stereocenters. The Kier molecular flexibility index (Phi) is 4.93. The zero-order valence-electron chi connectivity index (χ0n) is 10.4. The second kappa shape index (κ2) is 6.68. The molecule has 0 fully saturated rings. The van der Waals surface area contributed by atoms with Crippen molar-refractivity contribution in [3.8, 4) is 0 Å². The lowest BCUT2D eigenvalue weighted by atomic mass is 10.1. The van der Waals surface area contributed by atoms with E-state index < -0.39 is 11.6 Å². The first-order valence-corrected chi connectivity index (χ1v) is 7.01. The van der Waals surface area contributed by atoms with Crippen LogP contribution in [0.3, 0.4) is 0 Å². The highest BCUT2D eigenvalue weighted by atomic mass is 32.2. The number of nitrogens with two attached hydrogens (primary N) is 1. The normalized spacial score (nSPS) is 12.4. The van der Waals surface area contributed by atoms with Gasteiger partial charge in [0, 0.05) is 22.8 Å². The average Bonchev–Trinajstić information content (AvgIpc) is 2.41. The fraction of sp³-hybridized carbons (Fsp3) is 0.200. The number of hydrogen-bond donors (Lipinski definition) is 1. The van der Waals surface area contributed by atoms with Crippen molar-refractivity contribution in [2.75, 3.05) is 5.75 Å². The molecule has 0 radical (unpaired) electrons. The van der Waals surface area contributed by atoms with E-state index in [1.165, 1.54) is 12.1 Å². The largest absolute Gasteiger partial charge is 0.327 e. The van der Waals surface area contributed by atoms with Crippen molar-refractivity contribution < 1.29 is 8.78 Å². The minimum atomic E-state index is -0.562. The number of hydrogen-bond acceptors (Lipinski definition) is 2. The second-order valence-electron chi connectivity index (χ2n) is 4.32. The van der Waals surface area contributed by atoms with Crippen LogP contribution in [0.15, 0.2) is 53.4 Å². The van der Waals surface area contributed by atoms with Gasteiger partial charge in [0.15, 0.2) is 0 Å². The molecule has 2 aromatic carbocycles. The maximum atomic E-state index is 13.5. The van der Waals surface area contributed by atoms with E-state index in [0.717, 1.165) is 11.0 Å². The summed E-state index contributed by atoms with van der Waals surface area (Å²) in [5.74, 6) is -0.394. The molecule has 19 heavy (non-hydrogen) atoms. The van der Waals surface area contributed by atoms with E-state index in [1.54, 1.807) is 11.8 Å². The van der Waals surface area contributed by atoms with E-state index in [1.807, 2.05) is 30.3 Å². The smallest absolute Gasteiger partial charge is 0.129 e. The minimum Gasteiger partial charge on any atom is -0.327 e. The van der Waals surface area contributed by atoms with Crippen LogP contribution in [-0.2, 0) is 6.42 Å². The van der Waals surface area contributed by atoms with Crippen molar-refractivity contribution in [1.29, 1.82) is 0 Å². The molecule has 0 heterocycles. The van der Waals surface area contributed by atoms with Crippen LogP contribution >= 0.6 is 11.8 Å². The van der Waals surface area contributed by atoms with E-state index in [9.17, 15) is 8.78 Å². The standard InChI is InChI=1S/C15H15F2NS/c16-12-7-6-11(15(17)9-12)8-13(18)10-19-14-4-2-1-3-5-14/h1-7,9,13H,8,10,18H2. The Morgan fingerprint density at radius 1 is 1.05 bits per heavy atom. The van der Waals surface area contributed by atoms with Crippen LogP contribution in [0.5, 0.6) is 0 Å². The van der Waals surface area contributed by atoms with Gasteiger partial charge in [0.25, 0.3) is 0 Å². The molecule has 100 valence electrons. The Morgan fingerprint density at radius 3 is 2.47 bits per heavy atom. The lowest BCUT2D eigenvalue weighted by Crippen LogP contribution is -2.26. The lowest BCUT2D eigenvalue weighted by Gasteiger charge is -2.12. The van der Waals surface area contributed by atoms with Gasteiger partial charge in [-0.1, -0.05) is 24.3 Å². The summed E-state index contributed by atoms with van der Waals surface area (Å²) in [5.41, 5.74) is 6.44. The zero-order valence-corrected chi connectivity index (χ0v) is 11.2. The Balaban J connectivity index is 1.89. The van der Waals surface area contributed by atoms with Crippen LogP contribution in [0.1, 0.15) is 5.56 Å². The van der Waals surface area contributed by atoms with Crippen LogP contribution in [0, 0.1) is 11.6 Å². The molecule has 2 aromatic rings. The molecule has 0 aliphatic carbocycles. The minimum absolute atomic E-state index is 0.162. The van der Waals surface area contributed by atoms with Gasteiger partial charge in [-0.05, 0) is 30.2 Å². The summed E-state index contributed by atoms with van der Waals surface area (Å²) in [6.45, 7) is 0. The predicted octanol–water partition coefficient (Wildman–Crippen LogP) is 3.63. The SMILES string of the molecule is NC(CSc1ccccc1)Cc1ccc(F)cc1F. The van der Waals surface area contributed by atoms with Crippen LogP contribution < -0.4 is 5.73 Å². The van der Waals surface area contributed by atoms with E-state index in [4.69, 9.17) is 5.73 Å². The van der Waals surface area contributed by atoms with E-state index in [2.05, 4.69) is 0 Å². The van der Waals surface area contributed by atoms with Crippen molar-refractivity contribution in [2.45, 2.75) is 17.4 Å². The van der Waals surface area contributed by atoms with Gasteiger partial charge in [0.2, 0.25) is 0 Å². The monoisotopic (exact) mass is 279 g/mol. The van der Waals surface area contributed by atoms with Gasteiger partial charge in [-0.15, -0.1) is 11.8 Å². The first kappa shape index (κ1) is 14.0. The molecule has 4 heteroatoms. The summed E-state index contributed by atoms with van der Waals surface area (Å²) in [4.78, 5) is 1.14. The van der Waals surface area contributed by atoms with Gasteiger partial charge in [0.05, 0.1) is 0 Å². The molecule has 0 aromatic heterocycles. The van der Waals surface area contributed by atoms with Crippen LogP contribution in [-0.4, -0.2) is 11.8 Å². The Hall–Kier alpha value is -1.39. The van der Waals surface area contributed by atoms with Gasteiger partial charge in [-0.2, -0.15) is 0 Å². The molecule has 0 aliphatic heterocycles. The summed E-state index contributed by atoms with van der Waals surface area (Å²) >= 11 is 1.64. The van der Waals surface area contributed by atoms with Crippen LogP contribution in [0.25, 0.3) is 0 Å². The maximum Gasteiger partial charge on any atom is 0.129 e. The highest BCUT2D eigenvalue weighted by molar-refractivity contribution is 7.99. The van der Waals surface area contributed by atoms with Gasteiger partial charge < -0.3 is 5.73 Å². The fourth-order valence-electron chi connectivity index (χ4n) is 1.75. The van der Waals surface area contributed by atoms with E-state index >= 15 is 0 Å². The van der Waals surface area contributed by atoms with Crippen molar-refractivity contribution in [1.82, 2.24) is 0 Å². The van der Waals surface area contributed by atoms with Crippen molar-refractivity contribution in [2.24, 2.45) is 5.73 Å². The summed E-state index contributed by atoms with van der Waals surface area (Å²) < 4.78 is 26.3. The topological polar surface area (TPSA) is 26.0 Å². The second-order valence-corrected chi connectivity index (χ2v) is 5.42. The van der Waals surface area contributed by atoms with Crippen molar-refractivity contribution >= 4 is 11.8 Å². The Bertz CT molecular complexity index is 531. The van der Waals surface area contributed by atoms with Gasteiger partial charge >= 0.3 is 0 Å². The molecular formula is C15H15F2NS. The summed E-state index contributed by atoms with van der Waals surface area (Å²) in [7, 11) is 0. The third-order valence-electron chi connectivity index (χ3n) is 2.70. The molecule has 0 amide bonds. The zero-order chi connectivity index (χ0) is 13.7. The summed E-state index contributed by atoms with van der Waals surface area (Å²) in [5, 5.41) is 0. The molecule has 1 nitrogen and oxygen atoms in total. The van der Waals surface area contributed by atoms with E-state index in [0.29, 0.717) is 17.7 Å². The number of halogens is 2. The van der Waals surface area contributed by atoms with Gasteiger partial charge in [-0.3, -0.25) is 0 Å². The quantitative estimate of drug-likeness (QED) is 0.846. The highest BCUT2D eigenvalue weighted by Gasteiger charge is 2.09. The number of rotatable bonds is 5. The molecule has 0 spiro atoms. The third kappa shape index (κ3) is 4.33. The van der Waals surface area contributed by atoms with E-state index in [-0.39, 0.29) is 6.04 Å². The molecular weight excluding hydrogens is 264 g/mol. The molecule has 0 saturated heterocycles. The molecule has 2 rings (SSSR count). The number of benzene rings is 2. The Morgan fingerprint density at radius 2 is 1.79 bits per heavy atom. The lowest BCUT2D eigenvalue weighted by molar-refractivity contribution is 0.565. The summed E-state index contributed by atoms with van der Waals surface area (Å²) in [6.07, 6.45) is 0.409. The van der Waals surface area contributed by atoms with Crippen molar-refractivity contribution in [3.05, 3.63) is 65.7 Å². The molecule has 0 aliphatic rings. The Labute approximate surface area is 115 Å². The van der Waals surface area contributed by atoms with Crippen LogP contribution in [0.4, 0.5) is 8.78 Å². The first-order chi connectivity index (χ1) is 9.15. The molecule has 0 saturated carbocycles. The number of thioether (sulfide) groups is 1. The molecule has 0 bridgehead atoms. The maximum absolute atomic E-state index is 13.5.